The smallest absolute Gasteiger partial charge is 0.227 e. The van der Waals surface area contributed by atoms with E-state index < -0.39 is 5.60 Å². The number of carbonyl (C=O) groups excluding carboxylic acids is 1. The normalized spacial score (nSPS) is 20.3. The van der Waals surface area contributed by atoms with Crippen LogP contribution in [0.15, 0.2) is 30.5 Å². The Morgan fingerprint density at radius 3 is 2.68 bits per heavy atom. The number of amides is 1. The van der Waals surface area contributed by atoms with Crippen LogP contribution >= 0.6 is 0 Å². The van der Waals surface area contributed by atoms with Gasteiger partial charge in [0.1, 0.15) is 17.0 Å². The second-order valence-electron chi connectivity index (χ2n) is 6.80. The van der Waals surface area contributed by atoms with Gasteiger partial charge in [-0.2, -0.15) is 0 Å². The summed E-state index contributed by atoms with van der Waals surface area (Å²) in [7, 11) is 1.61. The molecule has 134 valence electrons. The van der Waals surface area contributed by atoms with E-state index in [9.17, 15) is 9.90 Å². The lowest BCUT2D eigenvalue weighted by Crippen LogP contribution is -2.35. The average molecular weight is 344 g/mol. The van der Waals surface area contributed by atoms with Crippen LogP contribution in [-0.4, -0.2) is 51.1 Å². The Balaban J connectivity index is 1.65. The zero-order valence-electron chi connectivity index (χ0n) is 14.8. The summed E-state index contributed by atoms with van der Waals surface area (Å²) in [6.45, 7) is 4.77. The van der Waals surface area contributed by atoms with Gasteiger partial charge in [0.25, 0.3) is 0 Å². The van der Waals surface area contributed by atoms with Crippen LogP contribution in [-0.2, 0) is 16.8 Å². The summed E-state index contributed by atoms with van der Waals surface area (Å²) in [5, 5.41) is 19.0. The van der Waals surface area contributed by atoms with Gasteiger partial charge in [-0.1, -0.05) is 17.3 Å². The molecule has 1 atom stereocenters. The Morgan fingerprint density at radius 2 is 2.08 bits per heavy atom. The van der Waals surface area contributed by atoms with Gasteiger partial charge in [0.2, 0.25) is 5.91 Å². The summed E-state index contributed by atoms with van der Waals surface area (Å²) in [5.74, 6) is 0.761. The molecule has 0 radical (unpaired) electrons. The van der Waals surface area contributed by atoms with E-state index in [2.05, 4.69) is 10.3 Å². The number of likely N-dealkylation sites (tertiary alicyclic amines) is 1. The molecule has 0 spiro atoms. The van der Waals surface area contributed by atoms with Crippen LogP contribution < -0.4 is 4.74 Å². The van der Waals surface area contributed by atoms with Crippen LogP contribution in [0.2, 0.25) is 0 Å². The number of carbonyl (C=O) groups is 1. The maximum atomic E-state index is 12.5. The summed E-state index contributed by atoms with van der Waals surface area (Å²) in [5.41, 5.74) is 0.329. The van der Waals surface area contributed by atoms with Crippen molar-refractivity contribution in [2.45, 2.75) is 38.3 Å². The molecule has 1 fully saturated rings. The standard InChI is InChI=1S/C18H24N4O3/c1-13(2)22-11-16(19-20-22)18(24)8-9-21(12-18)17(23)10-14-4-6-15(25-3)7-5-14/h4-7,11,13,24H,8-10,12H2,1-3H3. The minimum absolute atomic E-state index is 0.00246. The lowest BCUT2D eigenvalue weighted by Gasteiger charge is -2.21. The topological polar surface area (TPSA) is 80.5 Å². The van der Waals surface area contributed by atoms with Crippen molar-refractivity contribution in [3.8, 4) is 5.75 Å². The number of β-amino-alcohol motifs (C(OH)–C–C–N with tert-alkyl or cyclic N) is 1. The van der Waals surface area contributed by atoms with Crippen LogP contribution in [0.5, 0.6) is 5.75 Å². The number of nitrogens with zero attached hydrogens (tertiary/aromatic N) is 4. The fourth-order valence-corrected chi connectivity index (χ4v) is 2.99. The number of ether oxygens (including phenoxy) is 1. The van der Waals surface area contributed by atoms with Gasteiger partial charge < -0.3 is 14.7 Å². The molecule has 1 saturated heterocycles. The molecule has 2 heterocycles. The van der Waals surface area contributed by atoms with Crippen LogP contribution in [0.3, 0.4) is 0 Å². The molecule has 7 nitrogen and oxygen atoms in total. The van der Waals surface area contributed by atoms with Crippen molar-refractivity contribution >= 4 is 5.91 Å². The molecule has 0 aliphatic carbocycles. The molecular weight excluding hydrogens is 320 g/mol. The third-order valence-corrected chi connectivity index (χ3v) is 4.63. The summed E-state index contributed by atoms with van der Waals surface area (Å²) >= 11 is 0. The summed E-state index contributed by atoms with van der Waals surface area (Å²) in [4.78, 5) is 14.2. The second-order valence-corrected chi connectivity index (χ2v) is 6.80. The van der Waals surface area contributed by atoms with Crippen molar-refractivity contribution in [3.05, 3.63) is 41.7 Å². The van der Waals surface area contributed by atoms with E-state index >= 15 is 0 Å². The first-order valence-electron chi connectivity index (χ1n) is 8.47. The molecule has 1 aromatic carbocycles. The third kappa shape index (κ3) is 3.66. The van der Waals surface area contributed by atoms with Gasteiger partial charge in [-0.15, -0.1) is 5.10 Å². The zero-order chi connectivity index (χ0) is 18.0. The first-order chi connectivity index (χ1) is 11.9. The van der Waals surface area contributed by atoms with E-state index in [4.69, 9.17) is 4.74 Å². The highest BCUT2D eigenvalue weighted by Crippen LogP contribution is 2.31. The Labute approximate surface area is 147 Å². The van der Waals surface area contributed by atoms with Crippen molar-refractivity contribution in [1.29, 1.82) is 0 Å². The lowest BCUT2D eigenvalue weighted by atomic mass is 10.00. The fourth-order valence-electron chi connectivity index (χ4n) is 2.99. The predicted molar refractivity (Wildman–Crippen MR) is 92.2 cm³/mol. The Bertz CT molecular complexity index is 741. The molecule has 1 unspecified atom stereocenters. The first kappa shape index (κ1) is 17.4. The predicted octanol–water partition coefficient (Wildman–Crippen LogP) is 1.53. The molecule has 1 aliphatic rings. The molecule has 25 heavy (non-hydrogen) atoms. The number of benzene rings is 1. The molecule has 3 rings (SSSR count). The second kappa shape index (κ2) is 6.84. The molecule has 0 saturated carbocycles. The number of aliphatic hydroxyl groups is 1. The van der Waals surface area contributed by atoms with Crippen LogP contribution in [0.4, 0.5) is 0 Å². The van der Waals surface area contributed by atoms with Crippen LogP contribution in [0.25, 0.3) is 0 Å². The molecule has 1 N–H and O–H groups in total. The quantitative estimate of drug-likeness (QED) is 0.890. The monoisotopic (exact) mass is 344 g/mol. The Hall–Kier alpha value is -2.41. The van der Waals surface area contributed by atoms with E-state index in [-0.39, 0.29) is 18.5 Å². The molecule has 7 heteroatoms. The van der Waals surface area contributed by atoms with Crippen molar-refractivity contribution < 1.29 is 14.6 Å². The van der Waals surface area contributed by atoms with Gasteiger partial charge in [-0.25, -0.2) is 4.68 Å². The number of aromatic nitrogens is 3. The van der Waals surface area contributed by atoms with Gasteiger partial charge in [-0.3, -0.25) is 4.79 Å². The van der Waals surface area contributed by atoms with Crippen molar-refractivity contribution in [2.24, 2.45) is 0 Å². The van der Waals surface area contributed by atoms with Crippen LogP contribution in [0.1, 0.15) is 37.6 Å². The van der Waals surface area contributed by atoms with Gasteiger partial charge in [0.15, 0.2) is 0 Å². The number of hydrogen-bond acceptors (Lipinski definition) is 5. The minimum Gasteiger partial charge on any atom is -0.497 e. The van der Waals surface area contributed by atoms with Crippen LogP contribution in [0, 0.1) is 0 Å². The fraction of sp³-hybridized carbons (Fsp3) is 0.500. The van der Waals surface area contributed by atoms with E-state index in [0.717, 1.165) is 11.3 Å². The highest BCUT2D eigenvalue weighted by Gasteiger charge is 2.41. The SMILES string of the molecule is COc1ccc(CC(=O)N2CCC(O)(c3cn(C(C)C)nn3)C2)cc1. The van der Waals surface area contributed by atoms with Gasteiger partial charge in [0.05, 0.1) is 26.3 Å². The Morgan fingerprint density at radius 1 is 1.36 bits per heavy atom. The highest BCUT2D eigenvalue weighted by molar-refractivity contribution is 5.79. The van der Waals surface area contributed by atoms with E-state index in [1.807, 2.05) is 38.1 Å². The summed E-state index contributed by atoms with van der Waals surface area (Å²) < 4.78 is 6.84. The highest BCUT2D eigenvalue weighted by atomic mass is 16.5. The summed E-state index contributed by atoms with van der Waals surface area (Å²) in [6.07, 6.45) is 2.54. The van der Waals surface area contributed by atoms with E-state index in [1.54, 1.807) is 22.9 Å². The van der Waals surface area contributed by atoms with Crippen molar-refractivity contribution in [3.63, 3.8) is 0 Å². The average Bonchev–Trinajstić information content (AvgIpc) is 3.23. The van der Waals surface area contributed by atoms with E-state index in [0.29, 0.717) is 25.1 Å². The van der Waals surface area contributed by atoms with Crippen molar-refractivity contribution in [2.75, 3.05) is 20.2 Å². The van der Waals surface area contributed by atoms with Crippen molar-refractivity contribution in [1.82, 2.24) is 19.9 Å². The Kier molecular flexibility index (Phi) is 4.76. The maximum absolute atomic E-state index is 12.5. The van der Waals surface area contributed by atoms with Gasteiger partial charge >= 0.3 is 0 Å². The molecule has 2 aromatic rings. The number of rotatable bonds is 5. The molecule has 0 bridgehead atoms. The molecular formula is C18H24N4O3. The van der Waals surface area contributed by atoms with Gasteiger partial charge in [-0.05, 0) is 31.5 Å². The lowest BCUT2D eigenvalue weighted by molar-refractivity contribution is -0.130. The molecule has 1 aliphatic heterocycles. The summed E-state index contributed by atoms with van der Waals surface area (Å²) in [6, 6.07) is 7.62. The third-order valence-electron chi connectivity index (χ3n) is 4.63. The largest absolute Gasteiger partial charge is 0.497 e. The minimum atomic E-state index is -1.12. The number of hydrogen-bond donors (Lipinski definition) is 1. The van der Waals surface area contributed by atoms with Gasteiger partial charge in [0, 0.05) is 19.0 Å². The molecule has 1 aromatic heterocycles. The molecule has 1 amide bonds. The first-order valence-corrected chi connectivity index (χ1v) is 8.47. The zero-order valence-corrected chi connectivity index (χ0v) is 14.8. The van der Waals surface area contributed by atoms with E-state index in [1.165, 1.54) is 0 Å². The number of methoxy groups -OCH3 is 1. The maximum Gasteiger partial charge on any atom is 0.227 e.